The quantitative estimate of drug-likeness (QED) is 0.241. The average Bonchev–Trinajstić information content (AvgIpc) is 3.55. The number of amides is 1. The lowest BCUT2D eigenvalue weighted by Crippen LogP contribution is -2.29. The van der Waals surface area contributed by atoms with Crippen LogP contribution in [-0.4, -0.2) is 22.7 Å². The van der Waals surface area contributed by atoms with E-state index in [1.165, 1.54) is 16.2 Å². The molecule has 3 heterocycles. The van der Waals surface area contributed by atoms with Crippen LogP contribution in [0.1, 0.15) is 52.1 Å². The summed E-state index contributed by atoms with van der Waals surface area (Å²) in [4.78, 5) is 29.1. The molecule has 1 unspecified atom stereocenters. The highest BCUT2D eigenvalue weighted by atomic mass is 32.1. The minimum absolute atomic E-state index is 0.0133. The molecule has 0 N–H and O–H groups in total. The summed E-state index contributed by atoms with van der Waals surface area (Å²) < 4.78 is 18.1. The number of hydrogen-bond donors (Lipinski definition) is 0. The first-order valence-corrected chi connectivity index (χ1v) is 13.6. The summed E-state index contributed by atoms with van der Waals surface area (Å²) in [5.41, 5.74) is 2.08. The van der Waals surface area contributed by atoms with Crippen molar-refractivity contribution >= 4 is 33.3 Å². The molecule has 1 amide bonds. The van der Waals surface area contributed by atoms with Crippen LogP contribution in [0.25, 0.3) is 11.0 Å². The zero-order valence-electron chi connectivity index (χ0n) is 21.4. The van der Waals surface area contributed by atoms with E-state index in [9.17, 15) is 9.59 Å². The van der Waals surface area contributed by atoms with Crippen molar-refractivity contribution in [3.63, 3.8) is 0 Å². The highest BCUT2D eigenvalue weighted by molar-refractivity contribution is 7.15. The van der Waals surface area contributed by atoms with Gasteiger partial charge < -0.3 is 13.9 Å². The maximum absolute atomic E-state index is 13.8. The summed E-state index contributed by atoms with van der Waals surface area (Å²) >= 11 is 1.32. The molecule has 1 atom stereocenters. The van der Waals surface area contributed by atoms with E-state index < -0.39 is 11.9 Å². The standard InChI is InChI=1S/C30H25N3O5S/c1-3-24-31-32-30(39-24)33-26(25-27(34)20-12-8-9-13-21(20)38-28(25)29(33)35)19-14-15-22(23(16-19)36-4-2)37-17-18-10-6-5-7-11-18/h5-16,26H,3-4,17H2,1-2H3. The number of benzene rings is 3. The molecule has 0 spiro atoms. The van der Waals surface area contributed by atoms with Crippen LogP contribution >= 0.6 is 11.3 Å². The van der Waals surface area contributed by atoms with Gasteiger partial charge in [-0.1, -0.05) is 66.8 Å². The second-order valence-corrected chi connectivity index (χ2v) is 10.0. The molecule has 0 aliphatic carbocycles. The summed E-state index contributed by atoms with van der Waals surface area (Å²) in [6.07, 6.45) is 0.681. The molecule has 0 saturated heterocycles. The van der Waals surface area contributed by atoms with E-state index in [-0.39, 0.29) is 16.8 Å². The third-order valence-corrected chi connectivity index (χ3v) is 7.63. The van der Waals surface area contributed by atoms with Crippen molar-refractivity contribution in [2.24, 2.45) is 0 Å². The van der Waals surface area contributed by atoms with E-state index in [1.807, 2.05) is 62.4 Å². The van der Waals surface area contributed by atoms with Crippen LogP contribution in [0.5, 0.6) is 11.5 Å². The molecular weight excluding hydrogens is 514 g/mol. The maximum Gasteiger partial charge on any atom is 0.297 e. The van der Waals surface area contributed by atoms with Gasteiger partial charge in [0, 0.05) is 0 Å². The fraction of sp³-hybridized carbons (Fsp3) is 0.200. The number of nitrogens with zero attached hydrogens (tertiary/aromatic N) is 3. The van der Waals surface area contributed by atoms with Gasteiger partial charge in [0.25, 0.3) is 5.91 Å². The minimum Gasteiger partial charge on any atom is -0.490 e. The van der Waals surface area contributed by atoms with Gasteiger partial charge in [-0.3, -0.25) is 14.5 Å². The predicted molar refractivity (Wildman–Crippen MR) is 149 cm³/mol. The first-order valence-electron chi connectivity index (χ1n) is 12.7. The van der Waals surface area contributed by atoms with Crippen molar-refractivity contribution < 1.29 is 18.7 Å². The van der Waals surface area contributed by atoms with Crippen LogP contribution in [0.15, 0.2) is 82.0 Å². The monoisotopic (exact) mass is 539 g/mol. The Hall–Kier alpha value is -4.50. The topological polar surface area (TPSA) is 94.8 Å². The normalized spacial score (nSPS) is 14.6. The second-order valence-electron chi connectivity index (χ2n) is 8.99. The molecule has 1 aliphatic heterocycles. The summed E-state index contributed by atoms with van der Waals surface area (Å²) in [6.45, 7) is 4.65. The number of rotatable bonds is 8. The number of aromatic nitrogens is 2. The van der Waals surface area contributed by atoms with E-state index in [1.54, 1.807) is 24.3 Å². The van der Waals surface area contributed by atoms with Crippen LogP contribution in [-0.2, 0) is 13.0 Å². The molecule has 0 fully saturated rings. The molecular formula is C30H25N3O5S. The number of aryl methyl sites for hydroxylation is 1. The van der Waals surface area contributed by atoms with Crippen LogP contribution < -0.4 is 19.8 Å². The van der Waals surface area contributed by atoms with Gasteiger partial charge >= 0.3 is 0 Å². The van der Waals surface area contributed by atoms with Crippen molar-refractivity contribution in [3.05, 3.63) is 110 Å². The second kappa shape index (κ2) is 10.3. The van der Waals surface area contributed by atoms with Crippen molar-refractivity contribution in [1.29, 1.82) is 0 Å². The molecule has 0 radical (unpaired) electrons. The van der Waals surface area contributed by atoms with Gasteiger partial charge in [-0.05, 0) is 48.7 Å². The van der Waals surface area contributed by atoms with E-state index >= 15 is 0 Å². The first-order chi connectivity index (χ1) is 19.1. The number of hydrogen-bond acceptors (Lipinski definition) is 8. The fourth-order valence-electron chi connectivity index (χ4n) is 4.73. The number of anilines is 1. The van der Waals surface area contributed by atoms with E-state index in [4.69, 9.17) is 13.9 Å². The maximum atomic E-state index is 13.8. The molecule has 0 saturated carbocycles. The number of fused-ring (bicyclic) bond motifs is 2. The zero-order valence-corrected chi connectivity index (χ0v) is 22.2. The van der Waals surface area contributed by atoms with Crippen LogP contribution in [0.3, 0.4) is 0 Å². The van der Waals surface area contributed by atoms with Crippen molar-refractivity contribution in [1.82, 2.24) is 10.2 Å². The number of para-hydroxylation sites is 1. The number of carbonyl (C=O) groups excluding carboxylic acids is 1. The summed E-state index contributed by atoms with van der Waals surface area (Å²) in [6, 6.07) is 21.5. The van der Waals surface area contributed by atoms with Gasteiger partial charge in [0.1, 0.15) is 17.2 Å². The lowest BCUT2D eigenvalue weighted by atomic mass is 9.98. The molecule has 1 aliphatic rings. The van der Waals surface area contributed by atoms with Gasteiger partial charge in [-0.25, -0.2) is 0 Å². The fourth-order valence-corrected chi connectivity index (χ4v) is 5.54. The SMILES string of the molecule is CCOc1cc(C2c3c(oc4ccccc4c3=O)C(=O)N2c2nnc(CC)s2)ccc1OCc1ccccc1. The molecule has 0 bridgehead atoms. The molecule has 3 aromatic carbocycles. The third-order valence-electron chi connectivity index (χ3n) is 6.56. The Balaban J connectivity index is 1.48. The van der Waals surface area contributed by atoms with Crippen molar-refractivity contribution in [2.75, 3.05) is 11.5 Å². The summed E-state index contributed by atoms with van der Waals surface area (Å²) in [7, 11) is 0. The van der Waals surface area contributed by atoms with Gasteiger partial charge in [0.15, 0.2) is 16.9 Å². The van der Waals surface area contributed by atoms with Gasteiger partial charge in [-0.2, -0.15) is 0 Å². The first kappa shape index (κ1) is 24.8. The van der Waals surface area contributed by atoms with E-state index in [0.717, 1.165) is 10.6 Å². The van der Waals surface area contributed by atoms with Crippen LogP contribution in [0.4, 0.5) is 5.13 Å². The molecule has 8 nitrogen and oxygen atoms in total. The lowest BCUT2D eigenvalue weighted by molar-refractivity contribution is 0.0970. The predicted octanol–water partition coefficient (Wildman–Crippen LogP) is 5.93. The minimum atomic E-state index is -0.770. The third kappa shape index (κ3) is 4.44. The van der Waals surface area contributed by atoms with Crippen LogP contribution in [0, 0.1) is 0 Å². The van der Waals surface area contributed by atoms with Crippen LogP contribution in [0.2, 0.25) is 0 Å². The van der Waals surface area contributed by atoms with E-state index in [2.05, 4.69) is 10.2 Å². The van der Waals surface area contributed by atoms with Crippen molar-refractivity contribution in [3.8, 4) is 11.5 Å². The molecule has 6 rings (SSSR count). The Morgan fingerprint density at radius 1 is 0.923 bits per heavy atom. The zero-order chi connectivity index (χ0) is 26.9. The average molecular weight is 540 g/mol. The Morgan fingerprint density at radius 2 is 1.72 bits per heavy atom. The highest BCUT2D eigenvalue weighted by Crippen LogP contribution is 2.44. The largest absolute Gasteiger partial charge is 0.490 e. The smallest absolute Gasteiger partial charge is 0.297 e. The Morgan fingerprint density at radius 3 is 2.49 bits per heavy atom. The number of carbonyl (C=O) groups is 1. The Labute approximate surface area is 228 Å². The lowest BCUT2D eigenvalue weighted by Gasteiger charge is -2.23. The molecule has 5 aromatic rings. The highest BCUT2D eigenvalue weighted by Gasteiger charge is 2.45. The van der Waals surface area contributed by atoms with E-state index in [0.29, 0.717) is 52.8 Å². The Kier molecular flexibility index (Phi) is 6.58. The molecule has 2 aromatic heterocycles. The van der Waals surface area contributed by atoms with Gasteiger partial charge in [0.2, 0.25) is 10.9 Å². The summed E-state index contributed by atoms with van der Waals surface area (Å²) in [5.74, 6) is 0.664. The van der Waals surface area contributed by atoms with Gasteiger partial charge in [-0.15, -0.1) is 10.2 Å². The van der Waals surface area contributed by atoms with Gasteiger partial charge in [0.05, 0.1) is 23.6 Å². The van der Waals surface area contributed by atoms with Crippen molar-refractivity contribution in [2.45, 2.75) is 32.9 Å². The molecule has 9 heteroatoms. The summed E-state index contributed by atoms with van der Waals surface area (Å²) in [5, 5.41) is 10.1. The Bertz CT molecular complexity index is 1730. The molecule has 196 valence electrons. The molecule has 39 heavy (non-hydrogen) atoms. The number of ether oxygens (including phenoxy) is 2.